The van der Waals surface area contributed by atoms with Crippen LogP contribution in [0.25, 0.3) is 16.3 Å². The van der Waals surface area contributed by atoms with E-state index >= 15 is 0 Å². The van der Waals surface area contributed by atoms with Gasteiger partial charge in [-0.05, 0) is 30.7 Å². The number of amides is 1. The van der Waals surface area contributed by atoms with Crippen LogP contribution in [0, 0.1) is 6.92 Å². The molecule has 0 saturated carbocycles. The molecule has 3 nitrogen and oxygen atoms in total. The van der Waals surface area contributed by atoms with Gasteiger partial charge in [-0.2, -0.15) is 0 Å². The Morgan fingerprint density at radius 1 is 1.14 bits per heavy atom. The summed E-state index contributed by atoms with van der Waals surface area (Å²) >= 11 is 1.47. The highest BCUT2D eigenvalue weighted by Crippen LogP contribution is 2.25. The van der Waals surface area contributed by atoms with E-state index in [1.807, 2.05) is 55.5 Å². The monoisotopic (exact) mass is 294 g/mol. The van der Waals surface area contributed by atoms with E-state index in [1.54, 1.807) is 6.08 Å². The lowest BCUT2D eigenvalue weighted by Crippen LogP contribution is -2.07. The third-order valence-electron chi connectivity index (χ3n) is 3.03. The van der Waals surface area contributed by atoms with E-state index in [-0.39, 0.29) is 5.91 Å². The van der Waals surface area contributed by atoms with E-state index in [0.29, 0.717) is 5.13 Å². The van der Waals surface area contributed by atoms with Crippen molar-refractivity contribution in [2.24, 2.45) is 0 Å². The molecule has 0 aliphatic rings. The van der Waals surface area contributed by atoms with E-state index in [1.165, 1.54) is 23.0 Å². The van der Waals surface area contributed by atoms with Gasteiger partial charge in [-0.3, -0.25) is 10.1 Å². The number of aromatic nitrogens is 1. The molecule has 4 heteroatoms. The van der Waals surface area contributed by atoms with Crippen molar-refractivity contribution in [1.29, 1.82) is 0 Å². The zero-order chi connectivity index (χ0) is 14.7. The summed E-state index contributed by atoms with van der Waals surface area (Å²) in [7, 11) is 0. The number of nitrogens with zero attached hydrogens (tertiary/aromatic N) is 1. The van der Waals surface area contributed by atoms with Crippen molar-refractivity contribution < 1.29 is 4.79 Å². The first-order chi connectivity index (χ1) is 10.2. The molecule has 21 heavy (non-hydrogen) atoms. The smallest absolute Gasteiger partial charge is 0.250 e. The number of anilines is 1. The topological polar surface area (TPSA) is 42.0 Å². The van der Waals surface area contributed by atoms with Gasteiger partial charge in [0.25, 0.3) is 0 Å². The summed E-state index contributed by atoms with van der Waals surface area (Å²) < 4.78 is 1.07. The van der Waals surface area contributed by atoms with E-state index in [2.05, 4.69) is 10.3 Å². The van der Waals surface area contributed by atoms with E-state index in [9.17, 15) is 4.79 Å². The third kappa shape index (κ3) is 3.35. The van der Waals surface area contributed by atoms with Gasteiger partial charge in [-0.15, -0.1) is 0 Å². The van der Waals surface area contributed by atoms with Crippen molar-refractivity contribution >= 4 is 38.7 Å². The number of nitrogens with one attached hydrogen (secondary N) is 1. The number of carbonyl (C=O) groups excluding carboxylic acids is 1. The second-order valence-electron chi connectivity index (χ2n) is 4.72. The summed E-state index contributed by atoms with van der Waals surface area (Å²) in [6.45, 7) is 2.04. The highest BCUT2D eigenvalue weighted by Gasteiger charge is 2.04. The Kier molecular flexibility index (Phi) is 3.79. The Morgan fingerprint density at radius 3 is 2.67 bits per heavy atom. The van der Waals surface area contributed by atoms with Crippen LogP contribution in [0.2, 0.25) is 0 Å². The van der Waals surface area contributed by atoms with Crippen LogP contribution in [0.4, 0.5) is 5.13 Å². The summed E-state index contributed by atoms with van der Waals surface area (Å²) in [5, 5.41) is 3.41. The average Bonchev–Trinajstić information content (AvgIpc) is 2.88. The van der Waals surface area contributed by atoms with Crippen LogP contribution in [0.5, 0.6) is 0 Å². The number of fused-ring (bicyclic) bond motifs is 1. The van der Waals surface area contributed by atoms with Crippen LogP contribution in [-0.4, -0.2) is 10.9 Å². The van der Waals surface area contributed by atoms with Gasteiger partial charge in [0, 0.05) is 6.08 Å². The van der Waals surface area contributed by atoms with Crippen molar-refractivity contribution in [2.45, 2.75) is 6.92 Å². The molecule has 1 N–H and O–H groups in total. The number of aryl methyl sites for hydroxylation is 1. The first-order valence-corrected chi connectivity index (χ1v) is 7.44. The zero-order valence-electron chi connectivity index (χ0n) is 11.5. The fraction of sp³-hybridized carbons (Fsp3) is 0.0588. The number of thiazole rings is 1. The van der Waals surface area contributed by atoms with Crippen molar-refractivity contribution in [3.8, 4) is 0 Å². The first kappa shape index (κ1) is 13.5. The molecular formula is C17H14N2OS. The molecule has 0 atom stereocenters. The molecule has 0 fully saturated rings. The second kappa shape index (κ2) is 5.89. The maximum absolute atomic E-state index is 11.9. The largest absolute Gasteiger partial charge is 0.298 e. The number of hydrogen-bond acceptors (Lipinski definition) is 3. The third-order valence-corrected chi connectivity index (χ3v) is 3.98. The average molecular weight is 294 g/mol. The molecule has 104 valence electrons. The summed E-state index contributed by atoms with van der Waals surface area (Å²) in [6.07, 6.45) is 3.32. The molecule has 0 saturated heterocycles. The standard InChI is InChI=1S/C17H14N2OS/c1-12-6-8-13(9-7-12)10-11-16(20)19-17-18-14-4-2-3-5-15(14)21-17/h2-11H,1H3,(H,18,19,20)/b11-10+. The molecule has 0 unspecified atom stereocenters. The summed E-state index contributed by atoms with van der Waals surface area (Å²) in [5.74, 6) is -0.172. The molecule has 1 amide bonds. The Labute approximate surface area is 127 Å². The lowest BCUT2D eigenvalue weighted by Gasteiger charge is -1.96. The Hall–Kier alpha value is -2.46. The molecule has 2 aromatic carbocycles. The number of hydrogen-bond donors (Lipinski definition) is 1. The van der Waals surface area contributed by atoms with E-state index in [4.69, 9.17) is 0 Å². The fourth-order valence-corrected chi connectivity index (χ4v) is 2.79. The van der Waals surface area contributed by atoms with Crippen LogP contribution in [0.3, 0.4) is 0 Å². The van der Waals surface area contributed by atoms with Crippen LogP contribution >= 0.6 is 11.3 Å². The molecule has 1 aromatic heterocycles. The van der Waals surface area contributed by atoms with Crippen molar-refractivity contribution in [3.05, 3.63) is 65.7 Å². The molecule has 3 aromatic rings. The predicted octanol–water partition coefficient (Wildman–Crippen LogP) is 4.26. The van der Waals surface area contributed by atoms with Gasteiger partial charge in [0.15, 0.2) is 5.13 Å². The van der Waals surface area contributed by atoms with Crippen LogP contribution in [0.1, 0.15) is 11.1 Å². The number of carbonyl (C=O) groups is 1. The number of benzene rings is 2. The Morgan fingerprint density at radius 2 is 1.90 bits per heavy atom. The highest BCUT2D eigenvalue weighted by molar-refractivity contribution is 7.22. The number of rotatable bonds is 3. The second-order valence-corrected chi connectivity index (χ2v) is 5.75. The normalized spacial score (nSPS) is 11.1. The molecule has 3 rings (SSSR count). The minimum absolute atomic E-state index is 0.172. The van der Waals surface area contributed by atoms with Crippen molar-refractivity contribution in [1.82, 2.24) is 4.98 Å². The van der Waals surface area contributed by atoms with Gasteiger partial charge in [0.2, 0.25) is 5.91 Å². The van der Waals surface area contributed by atoms with Gasteiger partial charge in [0.05, 0.1) is 10.2 Å². The maximum Gasteiger partial charge on any atom is 0.250 e. The fourth-order valence-electron chi connectivity index (χ4n) is 1.92. The Bertz CT molecular complexity index is 770. The summed E-state index contributed by atoms with van der Waals surface area (Å²) in [4.78, 5) is 16.3. The molecule has 0 aliphatic heterocycles. The molecule has 0 spiro atoms. The molecule has 1 heterocycles. The van der Waals surface area contributed by atoms with Crippen molar-refractivity contribution in [2.75, 3.05) is 5.32 Å². The number of para-hydroxylation sites is 1. The van der Waals surface area contributed by atoms with Gasteiger partial charge in [-0.25, -0.2) is 4.98 Å². The van der Waals surface area contributed by atoms with Gasteiger partial charge in [-0.1, -0.05) is 53.3 Å². The molecular weight excluding hydrogens is 280 g/mol. The minimum Gasteiger partial charge on any atom is -0.298 e. The zero-order valence-corrected chi connectivity index (χ0v) is 12.4. The van der Waals surface area contributed by atoms with E-state index < -0.39 is 0 Å². The first-order valence-electron chi connectivity index (χ1n) is 6.62. The lowest BCUT2D eigenvalue weighted by atomic mass is 10.1. The maximum atomic E-state index is 11.9. The van der Waals surface area contributed by atoms with Crippen molar-refractivity contribution in [3.63, 3.8) is 0 Å². The molecule has 0 radical (unpaired) electrons. The van der Waals surface area contributed by atoms with Gasteiger partial charge >= 0.3 is 0 Å². The predicted molar refractivity (Wildman–Crippen MR) is 88.5 cm³/mol. The van der Waals surface area contributed by atoms with Gasteiger partial charge < -0.3 is 0 Å². The molecule has 0 bridgehead atoms. The highest BCUT2D eigenvalue weighted by atomic mass is 32.1. The van der Waals surface area contributed by atoms with E-state index in [0.717, 1.165) is 15.8 Å². The van der Waals surface area contributed by atoms with Crippen LogP contribution < -0.4 is 5.32 Å². The van der Waals surface area contributed by atoms with Gasteiger partial charge in [0.1, 0.15) is 0 Å². The minimum atomic E-state index is -0.172. The van der Waals surface area contributed by atoms with Crippen LogP contribution in [-0.2, 0) is 4.79 Å². The SMILES string of the molecule is Cc1ccc(/C=C/C(=O)Nc2nc3ccccc3s2)cc1. The quantitative estimate of drug-likeness (QED) is 0.733. The lowest BCUT2D eigenvalue weighted by molar-refractivity contribution is -0.111. The summed E-state index contributed by atoms with van der Waals surface area (Å²) in [6, 6.07) is 15.8. The molecule has 0 aliphatic carbocycles. The summed E-state index contributed by atoms with van der Waals surface area (Å²) in [5.41, 5.74) is 3.10. The Balaban J connectivity index is 1.69. The van der Waals surface area contributed by atoms with Crippen LogP contribution in [0.15, 0.2) is 54.6 Å².